The van der Waals surface area contributed by atoms with Crippen molar-refractivity contribution in [3.8, 4) is 17.1 Å². The van der Waals surface area contributed by atoms with Gasteiger partial charge in [0.2, 0.25) is 0 Å². The molecule has 5 heteroatoms. The largest absolute Gasteiger partial charge is 0.507 e. The van der Waals surface area contributed by atoms with E-state index in [0.717, 1.165) is 32.4 Å². The number of hydrogen-bond donors (Lipinski definition) is 1. The number of nitrogens with zero attached hydrogens (tertiary/aromatic N) is 3. The molecule has 3 rings (SSSR count). The first kappa shape index (κ1) is 17.4. The van der Waals surface area contributed by atoms with Crippen LogP contribution < -0.4 is 4.90 Å². The second-order valence-corrected chi connectivity index (χ2v) is 6.79. The number of benzene rings is 1. The number of para-hydroxylation sites is 1. The molecule has 0 spiro atoms. The number of rotatable bonds is 5. The normalized spacial score (nSPS) is 15.4. The molecule has 1 saturated heterocycles. The van der Waals surface area contributed by atoms with Gasteiger partial charge in [-0.1, -0.05) is 26.0 Å². The lowest BCUT2D eigenvalue weighted by atomic mass is 9.98. The molecule has 0 aliphatic carbocycles. The van der Waals surface area contributed by atoms with Crippen LogP contribution in [-0.4, -0.2) is 33.9 Å². The fourth-order valence-electron chi connectivity index (χ4n) is 3.19. The molecular formula is C20H25N3O2. The number of anilines is 1. The summed E-state index contributed by atoms with van der Waals surface area (Å²) in [5.41, 5.74) is 1.18. The van der Waals surface area contributed by atoms with Gasteiger partial charge in [-0.2, -0.15) is 0 Å². The summed E-state index contributed by atoms with van der Waals surface area (Å²) in [6, 6.07) is 7.03. The summed E-state index contributed by atoms with van der Waals surface area (Å²) in [5.74, 6) is 2.09. The molecule has 25 heavy (non-hydrogen) atoms. The monoisotopic (exact) mass is 339 g/mol. The molecule has 2 aromatic rings. The molecule has 1 aromatic heterocycles. The minimum Gasteiger partial charge on any atom is -0.507 e. The van der Waals surface area contributed by atoms with Crippen LogP contribution in [0.5, 0.6) is 5.75 Å². The Labute approximate surface area is 148 Å². The van der Waals surface area contributed by atoms with E-state index < -0.39 is 0 Å². The number of hydrogen-bond acceptors (Lipinski definition) is 5. The third kappa shape index (κ3) is 3.81. The summed E-state index contributed by atoms with van der Waals surface area (Å²) in [6.07, 6.45) is 5.11. The van der Waals surface area contributed by atoms with Crippen LogP contribution >= 0.6 is 0 Å². The second kappa shape index (κ2) is 7.64. The molecule has 1 fully saturated rings. The molecule has 1 aromatic carbocycles. The highest BCUT2D eigenvalue weighted by atomic mass is 16.3. The molecule has 0 amide bonds. The van der Waals surface area contributed by atoms with Gasteiger partial charge in [0.25, 0.3) is 0 Å². The number of piperidine rings is 1. The Morgan fingerprint density at radius 1 is 1.28 bits per heavy atom. The van der Waals surface area contributed by atoms with Crippen molar-refractivity contribution in [2.75, 3.05) is 18.0 Å². The van der Waals surface area contributed by atoms with Gasteiger partial charge in [-0.25, -0.2) is 9.97 Å². The van der Waals surface area contributed by atoms with E-state index in [1.54, 1.807) is 24.4 Å². The van der Waals surface area contributed by atoms with E-state index in [4.69, 9.17) is 0 Å². The third-order valence-electron chi connectivity index (χ3n) is 4.77. The Morgan fingerprint density at radius 2 is 2.00 bits per heavy atom. The standard InChI is InChI=1S/C20H25N3O2/c1-3-6-17(24)16-13-21-19(15-7-4-5-8-18(15)25)22-20(16)23-11-9-14(2)10-12-23/h4-5,7-8,13-14,25H,3,6,9-12H2,1-2H3. The lowest BCUT2D eigenvalue weighted by molar-refractivity contribution is 0.0981. The summed E-state index contributed by atoms with van der Waals surface area (Å²) in [4.78, 5) is 23.8. The van der Waals surface area contributed by atoms with E-state index in [0.29, 0.717) is 35.1 Å². The Morgan fingerprint density at radius 3 is 2.68 bits per heavy atom. The van der Waals surface area contributed by atoms with Crippen molar-refractivity contribution in [1.29, 1.82) is 0 Å². The number of carbonyl (C=O) groups excluding carboxylic acids is 1. The van der Waals surface area contributed by atoms with Crippen LogP contribution in [-0.2, 0) is 0 Å². The van der Waals surface area contributed by atoms with Gasteiger partial charge in [0.05, 0.1) is 11.1 Å². The molecule has 0 unspecified atom stereocenters. The Bertz CT molecular complexity index is 752. The van der Waals surface area contributed by atoms with Crippen LogP contribution in [0.1, 0.15) is 49.9 Å². The minimum atomic E-state index is 0.0833. The van der Waals surface area contributed by atoms with E-state index in [1.807, 2.05) is 13.0 Å². The van der Waals surface area contributed by atoms with E-state index in [1.165, 1.54) is 0 Å². The van der Waals surface area contributed by atoms with Gasteiger partial charge < -0.3 is 10.0 Å². The fraction of sp³-hybridized carbons (Fsp3) is 0.450. The highest BCUT2D eigenvalue weighted by Gasteiger charge is 2.23. The molecule has 0 atom stereocenters. The maximum absolute atomic E-state index is 12.5. The van der Waals surface area contributed by atoms with Crippen LogP contribution in [0.3, 0.4) is 0 Å². The van der Waals surface area contributed by atoms with Gasteiger partial charge in [-0.3, -0.25) is 4.79 Å². The van der Waals surface area contributed by atoms with Crippen molar-refractivity contribution in [3.63, 3.8) is 0 Å². The van der Waals surface area contributed by atoms with Crippen molar-refractivity contribution in [3.05, 3.63) is 36.0 Å². The highest BCUT2D eigenvalue weighted by Crippen LogP contribution is 2.30. The van der Waals surface area contributed by atoms with Gasteiger partial charge in [-0.05, 0) is 37.3 Å². The van der Waals surface area contributed by atoms with Gasteiger partial charge in [0.15, 0.2) is 11.6 Å². The Hall–Kier alpha value is -2.43. The van der Waals surface area contributed by atoms with Crippen molar-refractivity contribution < 1.29 is 9.90 Å². The van der Waals surface area contributed by atoms with Gasteiger partial charge in [0, 0.05) is 25.7 Å². The van der Waals surface area contributed by atoms with Crippen LogP contribution in [0, 0.1) is 5.92 Å². The number of carbonyl (C=O) groups is 1. The number of aromatic hydroxyl groups is 1. The van der Waals surface area contributed by atoms with E-state index in [2.05, 4.69) is 21.8 Å². The molecule has 2 heterocycles. The minimum absolute atomic E-state index is 0.0833. The van der Waals surface area contributed by atoms with Crippen molar-refractivity contribution in [2.45, 2.75) is 39.5 Å². The zero-order valence-electron chi connectivity index (χ0n) is 14.9. The topological polar surface area (TPSA) is 66.3 Å². The van der Waals surface area contributed by atoms with E-state index in [-0.39, 0.29) is 11.5 Å². The van der Waals surface area contributed by atoms with Crippen molar-refractivity contribution >= 4 is 11.6 Å². The van der Waals surface area contributed by atoms with E-state index in [9.17, 15) is 9.90 Å². The maximum Gasteiger partial charge on any atom is 0.168 e. The summed E-state index contributed by atoms with van der Waals surface area (Å²) < 4.78 is 0. The first-order chi connectivity index (χ1) is 12.1. The lowest BCUT2D eigenvalue weighted by Crippen LogP contribution is -2.34. The van der Waals surface area contributed by atoms with Crippen LogP contribution in [0.15, 0.2) is 30.5 Å². The summed E-state index contributed by atoms with van der Waals surface area (Å²) in [7, 11) is 0. The van der Waals surface area contributed by atoms with Gasteiger partial charge in [-0.15, -0.1) is 0 Å². The highest BCUT2D eigenvalue weighted by molar-refractivity contribution is 6.00. The van der Waals surface area contributed by atoms with Crippen LogP contribution in [0.25, 0.3) is 11.4 Å². The van der Waals surface area contributed by atoms with Crippen LogP contribution in [0.4, 0.5) is 5.82 Å². The summed E-state index contributed by atoms with van der Waals surface area (Å²) in [5, 5.41) is 10.1. The predicted molar refractivity (Wildman–Crippen MR) is 99.0 cm³/mol. The number of phenolic OH excluding ortho intramolecular Hbond substituents is 1. The molecular weight excluding hydrogens is 314 g/mol. The zero-order chi connectivity index (χ0) is 17.8. The summed E-state index contributed by atoms with van der Waals surface area (Å²) in [6.45, 7) is 6.04. The molecule has 0 radical (unpaired) electrons. The SMILES string of the molecule is CCCC(=O)c1cnc(-c2ccccc2O)nc1N1CCC(C)CC1. The molecule has 5 nitrogen and oxygen atoms in total. The molecule has 132 valence electrons. The number of phenols is 1. The molecule has 0 saturated carbocycles. The second-order valence-electron chi connectivity index (χ2n) is 6.79. The van der Waals surface area contributed by atoms with Crippen LogP contribution in [0.2, 0.25) is 0 Å². The third-order valence-corrected chi connectivity index (χ3v) is 4.77. The number of aromatic nitrogens is 2. The first-order valence-corrected chi connectivity index (χ1v) is 9.03. The number of Topliss-reactive ketones (excluding diaryl/α,β-unsaturated/α-hetero) is 1. The predicted octanol–water partition coefficient (Wildman–Crippen LogP) is 4.07. The van der Waals surface area contributed by atoms with Gasteiger partial charge in [0.1, 0.15) is 11.6 Å². The smallest absolute Gasteiger partial charge is 0.168 e. The summed E-state index contributed by atoms with van der Waals surface area (Å²) >= 11 is 0. The molecule has 1 aliphatic heterocycles. The average molecular weight is 339 g/mol. The number of ketones is 1. The van der Waals surface area contributed by atoms with Gasteiger partial charge >= 0.3 is 0 Å². The molecule has 1 aliphatic rings. The average Bonchev–Trinajstić information content (AvgIpc) is 2.62. The van der Waals surface area contributed by atoms with E-state index >= 15 is 0 Å². The first-order valence-electron chi connectivity index (χ1n) is 9.03. The molecule has 1 N–H and O–H groups in total. The maximum atomic E-state index is 12.5. The fourth-order valence-corrected chi connectivity index (χ4v) is 3.19. The quantitative estimate of drug-likeness (QED) is 0.832. The Kier molecular flexibility index (Phi) is 5.31. The Balaban J connectivity index is 2.02. The van der Waals surface area contributed by atoms with Crippen molar-refractivity contribution in [1.82, 2.24) is 9.97 Å². The lowest BCUT2D eigenvalue weighted by Gasteiger charge is -2.32. The van der Waals surface area contributed by atoms with Crippen molar-refractivity contribution in [2.24, 2.45) is 5.92 Å². The zero-order valence-corrected chi connectivity index (χ0v) is 14.9. The molecule has 0 bridgehead atoms.